The van der Waals surface area contributed by atoms with Gasteiger partial charge in [0.15, 0.2) is 0 Å². The molecule has 0 saturated carbocycles. The minimum absolute atomic E-state index is 0.0928. The van der Waals surface area contributed by atoms with Crippen molar-refractivity contribution in [3.05, 3.63) is 95.1 Å². The van der Waals surface area contributed by atoms with Gasteiger partial charge in [-0.1, -0.05) is 54.1 Å². The van der Waals surface area contributed by atoms with Crippen molar-refractivity contribution in [1.82, 2.24) is 10.2 Å². The minimum atomic E-state index is -4.09. The molecule has 0 bridgehead atoms. The van der Waals surface area contributed by atoms with Crippen LogP contribution in [0.5, 0.6) is 0 Å². The van der Waals surface area contributed by atoms with Gasteiger partial charge in [-0.25, -0.2) is 8.42 Å². The summed E-state index contributed by atoms with van der Waals surface area (Å²) in [5.74, 6) is -0.779. The van der Waals surface area contributed by atoms with Gasteiger partial charge in [0.2, 0.25) is 11.8 Å². The smallest absolute Gasteiger partial charge is 0.264 e. The van der Waals surface area contributed by atoms with Crippen LogP contribution in [0.1, 0.15) is 43.0 Å². The van der Waals surface area contributed by atoms with Crippen molar-refractivity contribution in [3.63, 3.8) is 0 Å². The van der Waals surface area contributed by atoms with Crippen LogP contribution in [0.4, 0.5) is 5.69 Å². The quantitative estimate of drug-likeness (QED) is 0.406. The van der Waals surface area contributed by atoms with E-state index in [1.807, 2.05) is 71.0 Å². The van der Waals surface area contributed by atoms with Crippen molar-refractivity contribution < 1.29 is 18.0 Å². The Morgan fingerprint density at radius 3 is 1.95 bits per heavy atom. The standard InChI is InChI=1S/C30H37N3O4S/c1-21(2)31-30(35)25(6)32(19-26-10-8-7-9-11-26)29(34)20-33(27-17-23(4)16-24(5)18-27)38(36,37)28-14-12-22(3)13-15-28/h7-18,21,25H,19-20H2,1-6H3,(H,31,35). The maximum Gasteiger partial charge on any atom is 0.264 e. The zero-order valence-electron chi connectivity index (χ0n) is 22.9. The van der Waals surface area contributed by atoms with Crippen LogP contribution < -0.4 is 9.62 Å². The third kappa shape index (κ3) is 7.22. The molecule has 1 unspecified atom stereocenters. The molecule has 0 saturated heterocycles. The van der Waals surface area contributed by atoms with E-state index in [2.05, 4.69) is 5.32 Å². The molecule has 2 amide bonds. The first-order valence-corrected chi connectivity index (χ1v) is 14.1. The summed E-state index contributed by atoms with van der Waals surface area (Å²) >= 11 is 0. The number of amides is 2. The fourth-order valence-electron chi connectivity index (χ4n) is 4.23. The monoisotopic (exact) mass is 535 g/mol. The molecule has 0 aliphatic heterocycles. The van der Waals surface area contributed by atoms with E-state index in [0.717, 1.165) is 26.6 Å². The van der Waals surface area contributed by atoms with Crippen LogP contribution in [0.25, 0.3) is 0 Å². The number of aryl methyl sites for hydroxylation is 3. The van der Waals surface area contributed by atoms with Gasteiger partial charge in [0.1, 0.15) is 12.6 Å². The molecule has 8 heteroatoms. The van der Waals surface area contributed by atoms with Crippen LogP contribution in [0.2, 0.25) is 0 Å². The minimum Gasteiger partial charge on any atom is -0.352 e. The lowest BCUT2D eigenvalue weighted by atomic mass is 10.1. The largest absolute Gasteiger partial charge is 0.352 e. The van der Waals surface area contributed by atoms with Gasteiger partial charge in [0.05, 0.1) is 10.6 Å². The Hall–Kier alpha value is -3.65. The van der Waals surface area contributed by atoms with Gasteiger partial charge in [-0.3, -0.25) is 13.9 Å². The van der Waals surface area contributed by atoms with Crippen LogP contribution in [0, 0.1) is 20.8 Å². The molecule has 3 rings (SSSR count). The van der Waals surface area contributed by atoms with Gasteiger partial charge in [-0.2, -0.15) is 0 Å². The van der Waals surface area contributed by atoms with Gasteiger partial charge in [-0.15, -0.1) is 0 Å². The normalized spacial score (nSPS) is 12.2. The fraction of sp³-hybridized carbons (Fsp3) is 0.333. The molecule has 7 nitrogen and oxygen atoms in total. The summed E-state index contributed by atoms with van der Waals surface area (Å²) in [6, 6.07) is 20.4. The number of hydrogen-bond donors (Lipinski definition) is 1. The van der Waals surface area contributed by atoms with E-state index in [4.69, 9.17) is 0 Å². The summed E-state index contributed by atoms with van der Waals surface area (Å²) in [5, 5.41) is 2.86. The summed E-state index contributed by atoms with van der Waals surface area (Å²) in [6.45, 7) is 10.7. The summed E-state index contributed by atoms with van der Waals surface area (Å²) in [6.07, 6.45) is 0. The average Bonchev–Trinajstić information content (AvgIpc) is 2.85. The molecule has 3 aromatic rings. The van der Waals surface area contributed by atoms with Gasteiger partial charge in [0.25, 0.3) is 10.0 Å². The number of hydrogen-bond acceptors (Lipinski definition) is 4. The molecule has 0 aliphatic rings. The summed E-state index contributed by atoms with van der Waals surface area (Å²) in [5.41, 5.74) is 3.92. The van der Waals surface area contributed by atoms with E-state index < -0.39 is 28.5 Å². The summed E-state index contributed by atoms with van der Waals surface area (Å²) < 4.78 is 29.0. The highest BCUT2D eigenvalue weighted by Crippen LogP contribution is 2.27. The van der Waals surface area contributed by atoms with Crippen LogP contribution in [-0.4, -0.2) is 43.8 Å². The molecule has 202 valence electrons. The first kappa shape index (κ1) is 28.9. The van der Waals surface area contributed by atoms with E-state index in [0.29, 0.717) is 5.69 Å². The number of nitrogens with zero attached hydrogens (tertiary/aromatic N) is 2. The number of benzene rings is 3. The van der Waals surface area contributed by atoms with Crippen molar-refractivity contribution >= 4 is 27.5 Å². The van der Waals surface area contributed by atoms with Gasteiger partial charge >= 0.3 is 0 Å². The Morgan fingerprint density at radius 2 is 1.39 bits per heavy atom. The van der Waals surface area contributed by atoms with E-state index in [9.17, 15) is 18.0 Å². The average molecular weight is 536 g/mol. The van der Waals surface area contributed by atoms with Crippen molar-refractivity contribution in [1.29, 1.82) is 0 Å². The first-order valence-electron chi connectivity index (χ1n) is 12.7. The molecule has 0 heterocycles. The number of carbonyl (C=O) groups excluding carboxylic acids is 2. The topological polar surface area (TPSA) is 86.8 Å². The highest BCUT2D eigenvalue weighted by Gasteiger charge is 2.32. The lowest BCUT2D eigenvalue weighted by molar-refractivity contribution is -0.139. The van der Waals surface area contributed by atoms with E-state index in [1.54, 1.807) is 43.3 Å². The second kappa shape index (κ2) is 12.3. The third-order valence-corrected chi connectivity index (χ3v) is 7.96. The lowest BCUT2D eigenvalue weighted by Crippen LogP contribution is -2.52. The highest BCUT2D eigenvalue weighted by atomic mass is 32.2. The Bertz CT molecular complexity index is 1350. The Kier molecular flexibility index (Phi) is 9.33. The van der Waals surface area contributed by atoms with E-state index in [-0.39, 0.29) is 23.4 Å². The first-order chi connectivity index (χ1) is 17.9. The Morgan fingerprint density at radius 1 is 0.816 bits per heavy atom. The number of anilines is 1. The fourth-order valence-corrected chi connectivity index (χ4v) is 5.63. The van der Waals surface area contributed by atoms with Crippen LogP contribution in [-0.2, 0) is 26.2 Å². The van der Waals surface area contributed by atoms with E-state index >= 15 is 0 Å². The third-order valence-electron chi connectivity index (χ3n) is 6.18. The van der Waals surface area contributed by atoms with Crippen molar-refractivity contribution in [2.75, 3.05) is 10.8 Å². The maximum absolute atomic E-state index is 13.9. The van der Waals surface area contributed by atoms with Crippen molar-refractivity contribution in [2.24, 2.45) is 0 Å². The molecule has 38 heavy (non-hydrogen) atoms. The summed E-state index contributed by atoms with van der Waals surface area (Å²) in [4.78, 5) is 28.4. The lowest BCUT2D eigenvalue weighted by Gasteiger charge is -2.32. The zero-order chi connectivity index (χ0) is 28.0. The van der Waals surface area contributed by atoms with Crippen LogP contribution in [0.15, 0.2) is 77.7 Å². The number of nitrogens with one attached hydrogen (secondary N) is 1. The molecule has 1 N–H and O–H groups in total. The predicted molar refractivity (Wildman–Crippen MR) is 151 cm³/mol. The van der Waals surface area contributed by atoms with Gasteiger partial charge in [-0.05, 0) is 82.5 Å². The molecule has 0 spiro atoms. The van der Waals surface area contributed by atoms with Crippen LogP contribution in [0.3, 0.4) is 0 Å². The second-order valence-electron chi connectivity index (χ2n) is 10.0. The second-order valence-corrected chi connectivity index (χ2v) is 11.9. The summed E-state index contributed by atoms with van der Waals surface area (Å²) in [7, 11) is -4.09. The SMILES string of the molecule is Cc1ccc(S(=O)(=O)N(CC(=O)N(Cc2ccccc2)C(C)C(=O)NC(C)C)c2cc(C)cc(C)c2)cc1. The van der Waals surface area contributed by atoms with Crippen molar-refractivity contribution in [2.45, 2.75) is 65.1 Å². The number of carbonyl (C=O) groups is 2. The number of rotatable bonds is 10. The Labute approximate surface area is 226 Å². The van der Waals surface area contributed by atoms with Gasteiger partial charge < -0.3 is 10.2 Å². The van der Waals surface area contributed by atoms with Crippen LogP contribution >= 0.6 is 0 Å². The van der Waals surface area contributed by atoms with E-state index in [1.165, 1.54) is 4.90 Å². The molecule has 1 atom stereocenters. The Balaban J connectivity index is 2.05. The highest BCUT2D eigenvalue weighted by molar-refractivity contribution is 7.92. The predicted octanol–water partition coefficient (Wildman–Crippen LogP) is 4.75. The zero-order valence-corrected chi connectivity index (χ0v) is 23.7. The molecule has 0 aromatic heterocycles. The molecule has 0 aliphatic carbocycles. The van der Waals surface area contributed by atoms with Gasteiger partial charge in [0, 0.05) is 12.6 Å². The molecule has 0 radical (unpaired) electrons. The maximum atomic E-state index is 13.9. The molecule has 0 fully saturated rings. The molecular weight excluding hydrogens is 498 g/mol. The molecular formula is C30H37N3O4S. The van der Waals surface area contributed by atoms with Crippen molar-refractivity contribution in [3.8, 4) is 0 Å². The number of sulfonamides is 1. The molecule has 3 aromatic carbocycles.